The summed E-state index contributed by atoms with van der Waals surface area (Å²) in [4.78, 5) is 11.4. The van der Waals surface area contributed by atoms with Crippen molar-refractivity contribution in [2.24, 2.45) is 23.7 Å². The Hall–Kier alpha value is -2.73. The topological polar surface area (TPSA) is 156 Å². The van der Waals surface area contributed by atoms with Gasteiger partial charge in [0.05, 0.1) is 50.1 Å². The normalized spacial score (nSPS) is 27.1. The molecule has 2 aliphatic rings. The lowest BCUT2D eigenvalue weighted by Gasteiger charge is -2.44. The highest BCUT2D eigenvalue weighted by Crippen LogP contribution is 2.36. The van der Waals surface area contributed by atoms with Gasteiger partial charge in [0, 0.05) is 25.9 Å². The van der Waals surface area contributed by atoms with E-state index in [1.807, 2.05) is 81.4 Å². The number of rotatable bonds is 20. The number of ether oxygens (including phenoxy) is 6. The predicted octanol–water partition coefficient (Wildman–Crippen LogP) is 6.93. The minimum atomic E-state index is -3.90. The molecule has 2 aliphatic heterocycles. The van der Waals surface area contributed by atoms with Gasteiger partial charge in [-0.25, -0.2) is 0 Å². The number of hydrogen-bond donors (Lipinski definition) is 2. The first-order chi connectivity index (χ1) is 28.3. The Morgan fingerprint density at radius 2 is 1.12 bits per heavy atom. The maximum atomic E-state index is 12.6. The number of carbonyl (C=O) groups is 1. The number of aryl methyl sites for hydroxylation is 1. The molecule has 2 fully saturated rings. The third-order valence-electron chi connectivity index (χ3n) is 10.9. The zero-order valence-electron chi connectivity index (χ0n) is 35.2. The Morgan fingerprint density at radius 1 is 0.661 bits per heavy atom. The van der Waals surface area contributed by atoms with Crippen LogP contribution in [0.25, 0.3) is 0 Å². The van der Waals surface area contributed by atoms with Gasteiger partial charge in [-0.3, -0.25) is 8.98 Å². The quantitative estimate of drug-likeness (QED) is 0.0892. The fourth-order valence-electron chi connectivity index (χ4n) is 6.82. The first kappa shape index (κ1) is 48.9. The standard InChI is InChI=1S/C25H34O7S.C20H30O5S/c1-18-10-12-22(13-11-18)33(27,28)31-17-23-19(2)20(3)24(25(32-23)29-15-7-14-26)30-16-21-8-5-4-6-9-21;1-14-15(2)19(24-12-17-8-5-4-6-9-17)20(23-11-7-10-21)25-18(14)13-26-16(3)22/h4-6,8-13,19-20,23-26H,7,14-17H2,1-3H3;4-6,8-9,14-15,18-21H,7,10-13H2,1-3H3/t19-,20-,23+,24+,25-;14-,15-,18+,19+,20-/m00/s1. The summed E-state index contributed by atoms with van der Waals surface area (Å²) in [5.74, 6) is 1.09. The summed E-state index contributed by atoms with van der Waals surface area (Å²) in [6, 6.07) is 26.4. The second kappa shape index (κ2) is 25.3. The van der Waals surface area contributed by atoms with E-state index in [1.54, 1.807) is 19.1 Å². The summed E-state index contributed by atoms with van der Waals surface area (Å²) in [7, 11) is -3.90. The Labute approximate surface area is 355 Å². The molecular formula is C45H64O12S2. The number of hydrogen-bond acceptors (Lipinski definition) is 13. The summed E-state index contributed by atoms with van der Waals surface area (Å²) in [6.07, 6.45) is -1.24. The van der Waals surface area contributed by atoms with Gasteiger partial charge < -0.3 is 38.6 Å². The average Bonchev–Trinajstić information content (AvgIpc) is 3.23. The number of benzene rings is 3. The van der Waals surface area contributed by atoms with Crippen molar-refractivity contribution < 1.29 is 56.0 Å². The lowest BCUT2D eigenvalue weighted by Crippen LogP contribution is -2.53. The lowest BCUT2D eigenvalue weighted by molar-refractivity contribution is -0.286. The SMILES string of the molecule is CC(=O)SC[C@H]1O[C@H](OCCCO)[C@H](OCc2ccccc2)[C@@H](C)[C@@H]1C.Cc1ccc(S(=O)(=O)OC[C@H]2O[C@H](OCCCO)[C@H](OCc3ccccc3)[C@@H](C)[C@@H]2C)cc1. The molecule has 3 aromatic carbocycles. The van der Waals surface area contributed by atoms with E-state index in [4.69, 9.17) is 42.8 Å². The van der Waals surface area contributed by atoms with Crippen molar-refractivity contribution in [1.29, 1.82) is 0 Å². The maximum absolute atomic E-state index is 12.6. The first-order valence-electron chi connectivity index (χ1n) is 20.5. The van der Waals surface area contributed by atoms with E-state index in [2.05, 4.69) is 13.8 Å². The van der Waals surface area contributed by atoms with Crippen LogP contribution in [0.1, 0.15) is 64.2 Å². The Bertz CT molecular complexity index is 1730. The average molecular weight is 861 g/mol. The molecule has 2 N–H and O–H groups in total. The summed E-state index contributed by atoms with van der Waals surface area (Å²) in [5, 5.41) is 18.2. The zero-order valence-corrected chi connectivity index (χ0v) is 36.9. The van der Waals surface area contributed by atoms with Crippen molar-refractivity contribution in [1.82, 2.24) is 0 Å². The third kappa shape index (κ3) is 15.6. The van der Waals surface area contributed by atoms with Crippen molar-refractivity contribution in [3.8, 4) is 0 Å². The fraction of sp³-hybridized carbons (Fsp3) is 0.578. The van der Waals surface area contributed by atoms with Crippen LogP contribution in [0.15, 0.2) is 89.8 Å². The minimum absolute atomic E-state index is 0.00947. The van der Waals surface area contributed by atoms with E-state index in [1.165, 1.54) is 23.9 Å². The van der Waals surface area contributed by atoms with Crippen LogP contribution in [-0.2, 0) is 60.7 Å². The number of carbonyl (C=O) groups excluding carboxylic acids is 1. The molecule has 5 rings (SSSR count). The molecule has 59 heavy (non-hydrogen) atoms. The van der Waals surface area contributed by atoms with E-state index in [9.17, 15) is 13.2 Å². The molecule has 14 heteroatoms. The smallest absolute Gasteiger partial charge is 0.297 e. The maximum Gasteiger partial charge on any atom is 0.297 e. The predicted molar refractivity (Wildman–Crippen MR) is 227 cm³/mol. The molecule has 2 heterocycles. The van der Waals surface area contributed by atoms with Crippen LogP contribution in [0.5, 0.6) is 0 Å². The molecule has 0 spiro atoms. The Balaban J connectivity index is 0.000000268. The molecule has 0 saturated carbocycles. The zero-order chi connectivity index (χ0) is 42.8. The fourth-order valence-corrected chi connectivity index (χ4v) is 8.52. The van der Waals surface area contributed by atoms with Crippen molar-refractivity contribution in [2.45, 2.75) is 109 Å². The molecule has 12 nitrogen and oxygen atoms in total. The summed E-state index contributed by atoms with van der Waals surface area (Å²) in [5.41, 5.74) is 3.12. The van der Waals surface area contributed by atoms with E-state index in [0.29, 0.717) is 45.0 Å². The number of thioether (sulfide) groups is 1. The van der Waals surface area contributed by atoms with Gasteiger partial charge in [-0.1, -0.05) is 118 Å². The van der Waals surface area contributed by atoms with Crippen molar-refractivity contribution in [2.75, 3.05) is 38.8 Å². The molecule has 0 bridgehead atoms. The van der Waals surface area contributed by atoms with Crippen molar-refractivity contribution >= 4 is 27.0 Å². The van der Waals surface area contributed by atoms with E-state index < -0.39 is 28.8 Å². The molecule has 0 aromatic heterocycles. The molecular weight excluding hydrogens is 797 g/mol. The Morgan fingerprint density at radius 3 is 1.58 bits per heavy atom. The monoisotopic (exact) mass is 860 g/mol. The van der Waals surface area contributed by atoms with Crippen LogP contribution in [0.3, 0.4) is 0 Å². The molecule has 0 amide bonds. The van der Waals surface area contributed by atoms with Gasteiger partial charge in [-0.05, 0) is 66.7 Å². The van der Waals surface area contributed by atoms with E-state index in [-0.39, 0.29) is 71.8 Å². The van der Waals surface area contributed by atoms with E-state index >= 15 is 0 Å². The van der Waals surface area contributed by atoms with Crippen LogP contribution in [0, 0.1) is 30.6 Å². The molecule has 10 atom stereocenters. The highest BCUT2D eigenvalue weighted by Gasteiger charge is 2.44. The molecule has 0 aliphatic carbocycles. The highest BCUT2D eigenvalue weighted by molar-refractivity contribution is 8.13. The highest BCUT2D eigenvalue weighted by atomic mass is 32.2. The van der Waals surface area contributed by atoms with Gasteiger partial charge in [0.15, 0.2) is 17.7 Å². The van der Waals surface area contributed by atoms with Crippen LogP contribution in [-0.4, -0.2) is 99.5 Å². The summed E-state index contributed by atoms with van der Waals surface area (Å²) >= 11 is 1.29. The third-order valence-corrected chi connectivity index (χ3v) is 13.1. The van der Waals surface area contributed by atoms with Crippen LogP contribution in [0.4, 0.5) is 0 Å². The molecule has 3 aromatic rings. The van der Waals surface area contributed by atoms with Gasteiger partial charge in [-0.15, -0.1) is 0 Å². The number of aliphatic hydroxyl groups is 2. The largest absolute Gasteiger partial charge is 0.396 e. The van der Waals surface area contributed by atoms with Crippen LogP contribution < -0.4 is 0 Å². The molecule has 0 radical (unpaired) electrons. The van der Waals surface area contributed by atoms with Gasteiger partial charge in [0.25, 0.3) is 10.1 Å². The van der Waals surface area contributed by atoms with Gasteiger partial charge in [0.2, 0.25) is 0 Å². The lowest BCUT2D eigenvalue weighted by atomic mass is 9.83. The molecule has 0 unspecified atom stereocenters. The minimum Gasteiger partial charge on any atom is -0.396 e. The Kier molecular flexibility index (Phi) is 21.0. The summed E-state index contributed by atoms with van der Waals surface area (Å²) in [6.45, 7) is 13.4. The van der Waals surface area contributed by atoms with Crippen molar-refractivity contribution in [3.05, 3.63) is 102 Å². The van der Waals surface area contributed by atoms with Crippen molar-refractivity contribution in [3.63, 3.8) is 0 Å². The van der Waals surface area contributed by atoms with Crippen LogP contribution in [0.2, 0.25) is 0 Å². The second-order valence-corrected chi connectivity index (χ2v) is 18.1. The molecule has 328 valence electrons. The van der Waals surface area contributed by atoms with E-state index in [0.717, 1.165) is 16.7 Å². The van der Waals surface area contributed by atoms with Gasteiger partial charge >= 0.3 is 0 Å². The number of aliphatic hydroxyl groups excluding tert-OH is 2. The van der Waals surface area contributed by atoms with Gasteiger partial charge in [0.1, 0.15) is 12.2 Å². The summed E-state index contributed by atoms with van der Waals surface area (Å²) < 4.78 is 67.1. The first-order valence-corrected chi connectivity index (χ1v) is 22.9. The van der Waals surface area contributed by atoms with Crippen LogP contribution >= 0.6 is 11.8 Å². The second-order valence-electron chi connectivity index (χ2n) is 15.3. The molecule has 2 saturated heterocycles. The van der Waals surface area contributed by atoms with Gasteiger partial charge in [-0.2, -0.15) is 8.42 Å².